The van der Waals surface area contributed by atoms with E-state index in [-0.39, 0.29) is 5.96 Å². The summed E-state index contributed by atoms with van der Waals surface area (Å²) in [6.07, 6.45) is 6.90. The summed E-state index contributed by atoms with van der Waals surface area (Å²) in [5, 5.41) is 7.49. The third-order valence-corrected chi connectivity index (χ3v) is 4.96. The van der Waals surface area contributed by atoms with Crippen LogP contribution in [0.4, 0.5) is 5.69 Å². The first-order chi connectivity index (χ1) is 10.2. The number of piperazine rings is 1. The van der Waals surface area contributed by atoms with Gasteiger partial charge in [-0.15, -0.1) is 0 Å². The normalized spacial score (nSPS) is 20.6. The number of guanidine groups is 1. The fraction of sp³-hybridized carbons (Fsp3) is 0.588. The van der Waals surface area contributed by atoms with Crippen LogP contribution in [0.5, 0.6) is 0 Å². The van der Waals surface area contributed by atoms with E-state index in [1.807, 2.05) is 4.90 Å². The molecule has 3 rings (SSSR count). The van der Waals surface area contributed by atoms with Gasteiger partial charge in [0.25, 0.3) is 0 Å². The monoisotopic (exact) mass is 286 g/mol. The number of nitrogens with two attached hydrogens (primary N) is 1. The van der Waals surface area contributed by atoms with Gasteiger partial charge in [0.15, 0.2) is 5.96 Å². The summed E-state index contributed by atoms with van der Waals surface area (Å²) in [6.45, 7) is 3.59. The van der Waals surface area contributed by atoms with Crippen LogP contribution < -0.4 is 10.6 Å². The molecule has 1 aromatic rings. The first-order valence-corrected chi connectivity index (χ1v) is 8.18. The van der Waals surface area contributed by atoms with Crippen LogP contribution >= 0.6 is 0 Å². The molecule has 0 atom stereocenters. The Morgan fingerprint density at radius 3 is 2.14 bits per heavy atom. The minimum absolute atomic E-state index is 0.197. The summed E-state index contributed by atoms with van der Waals surface area (Å²) in [7, 11) is 0. The highest BCUT2D eigenvalue weighted by Crippen LogP contribution is 2.33. The molecule has 1 saturated carbocycles. The van der Waals surface area contributed by atoms with E-state index < -0.39 is 0 Å². The minimum Gasteiger partial charge on any atom is -0.370 e. The van der Waals surface area contributed by atoms with E-state index in [1.165, 1.54) is 43.4 Å². The van der Waals surface area contributed by atoms with Gasteiger partial charge >= 0.3 is 0 Å². The zero-order chi connectivity index (χ0) is 14.7. The van der Waals surface area contributed by atoms with Gasteiger partial charge in [-0.05, 0) is 36.5 Å². The molecule has 114 valence electrons. The lowest BCUT2D eigenvalue weighted by atomic mass is 9.84. The zero-order valence-corrected chi connectivity index (χ0v) is 12.7. The van der Waals surface area contributed by atoms with Gasteiger partial charge in [0.2, 0.25) is 0 Å². The molecule has 1 aliphatic heterocycles. The van der Waals surface area contributed by atoms with E-state index in [0.29, 0.717) is 0 Å². The van der Waals surface area contributed by atoms with Crippen molar-refractivity contribution in [3.8, 4) is 0 Å². The summed E-state index contributed by atoms with van der Waals surface area (Å²) in [5.74, 6) is 0.977. The second-order valence-electron chi connectivity index (χ2n) is 6.29. The van der Waals surface area contributed by atoms with Crippen molar-refractivity contribution in [2.75, 3.05) is 31.1 Å². The third kappa shape index (κ3) is 3.31. The molecule has 2 aliphatic rings. The number of rotatable bonds is 2. The predicted molar refractivity (Wildman–Crippen MR) is 88.0 cm³/mol. The Bertz CT molecular complexity index is 468. The molecular weight excluding hydrogens is 260 g/mol. The van der Waals surface area contributed by atoms with E-state index in [0.717, 1.165) is 32.1 Å². The van der Waals surface area contributed by atoms with Crippen molar-refractivity contribution in [2.24, 2.45) is 5.73 Å². The number of hydrogen-bond donors (Lipinski definition) is 2. The van der Waals surface area contributed by atoms with Crippen LogP contribution in [0.25, 0.3) is 0 Å². The average molecular weight is 286 g/mol. The number of anilines is 1. The molecule has 0 aromatic heterocycles. The molecule has 0 unspecified atom stereocenters. The minimum atomic E-state index is 0.197. The SMILES string of the molecule is N=C(N)N1CCN(c2ccc(C3CCCCC3)cc2)CC1. The van der Waals surface area contributed by atoms with E-state index in [2.05, 4.69) is 29.2 Å². The van der Waals surface area contributed by atoms with Crippen LogP contribution in [0.15, 0.2) is 24.3 Å². The van der Waals surface area contributed by atoms with Crippen molar-refractivity contribution in [3.63, 3.8) is 0 Å². The molecule has 1 aliphatic carbocycles. The van der Waals surface area contributed by atoms with Gasteiger partial charge in [0, 0.05) is 31.9 Å². The van der Waals surface area contributed by atoms with Gasteiger partial charge in [-0.1, -0.05) is 31.4 Å². The molecule has 1 heterocycles. The summed E-state index contributed by atoms with van der Waals surface area (Å²) < 4.78 is 0. The second kappa shape index (κ2) is 6.37. The summed E-state index contributed by atoms with van der Waals surface area (Å²) in [6, 6.07) is 9.19. The van der Waals surface area contributed by atoms with E-state index in [1.54, 1.807) is 0 Å². The molecule has 0 amide bonds. The summed E-state index contributed by atoms with van der Waals surface area (Å²) >= 11 is 0. The Hall–Kier alpha value is -1.71. The predicted octanol–water partition coefficient (Wildman–Crippen LogP) is 2.75. The van der Waals surface area contributed by atoms with Gasteiger partial charge in [-0.2, -0.15) is 0 Å². The van der Waals surface area contributed by atoms with Crippen LogP contribution in [0.3, 0.4) is 0 Å². The average Bonchev–Trinajstić information content (AvgIpc) is 2.56. The van der Waals surface area contributed by atoms with Crippen molar-refractivity contribution < 1.29 is 0 Å². The van der Waals surface area contributed by atoms with Crippen molar-refractivity contribution in [1.29, 1.82) is 5.41 Å². The van der Waals surface area contributed by atoms with Crippen molar-refractivity contribution >= 4 is 11.6 Å². The molecule has 2 fully saturated rings. The maximum absolute atomic E-state index is 7.49. The number of nitrogens with zero attached hydrogens (tertiary/aromatic N) is 2. The Labute approximate surface area is 127 Å². The molecule has 1 saturated heterocycles. The van der Waals surface area contributed by atoms with Crippen LogP contribution in [-0.4, -0.2) is 37.0 Å². The molecule has 1 aromatic carbocycles. The van der Waals surface area contributed by atoms with Crippen molar-refractivity contribution in [1.82, 2.24) is 4.90 Å². The molecule has 0 spiro atoms. The lowest BCUT2D eigenvalue weighted by Crippen LogP contribution is -2.50. The highest BCUT2D eigenvalue weighted by Gasteiger charge is 2.19. The van der Waals surface area contributed by atoms with E-state index in [9.17, 15) is 0 Å². The summed E-state index contributed by atoms with van der Waals surface area (Å²) in [5.41, 5.74) is 8.36. The van der Waals surface area contributed by atoms with Crippen molar-refractivity contribution in [2.45, 2.75) is 38.0 Å². The van der Waals surface area contributed by atoms with Gasteiger partial charge in [-0.3, -0.25) is 5.41 Å². The largest absolute Gasteiger partial charge is 0.370 e. The van der Waals surface area contributed by atoms with Gasteiger partial charge in [0.05, 0.1) is 0 Å². The standard InChI is InChI=1S/C17H26N4/c18-17(19)21-12-10-20(11-13-21)16-8-6-15(7-9-16)14-4-2-1-3-5-14/h6-9,14H,1-5,10-13H2,(H3,18,19). The van der Waals surface area contributed by atoms with Gasteiger partial charge in [-0.25, -0.2) is 0 Å². The molecule has 4 nitrogen and oxygen atoms in total. The van der Waals surface area contributed by atoms with E-state index in [4.69, 9.17) is 11.1 Å². The third-order valence-electron chi connectivity index (χ3n) is 4.96. The number of nitrogens with one attached hydrogen (secondary N) is 1. The molecule has 0 radical (unpaired) electrons. The lowest BCUT2D eigenvalue weighted by Gasteiger charge is -2.36. The quantitative estimate of drug-likeness (QED) is 0.649. The Kier molecular flexibility index (Phi) is 4.32. The first kappa shape index (κ1) is 14.2. The lowest BCUT2D eigenvalue weighted by molar-refractivity contribution is 0.380. The fourth-order valence-corrected chi connectivity index (χ4v) is 3.60. The summed E-state index contributed by atoms with van der Waals surface area (Å²) in [4.78, 5) is 4.33. The van der Waals surface area contributed by atoms with Crippen LogP contribution in [0.2, 0.25) is 0 Å². The molecule has 3 N–H and O–H groups in total. The van der Waals surface area contributed by atoms with Crippen molar-refractivity contribution in [3.05, 3.63) is 29.8 Å². The maximum atomic E-state index is 7.49. The smallest absolute Gasteiger partial charge is 0.188 e. The van der Waals surface area contributed by atoms with Crippen LogP contribution in [0.1, 0.15) is 43.6 Å². The molecule has 21 heavy (non-hydrogen) atoms. The Morgan fingerprint density at radius 1 is 0.952 bits per heavy atom. The van der Waals surface area contributed by atoms with Gasteiger partial charge in [0.1, 0.15) is 0 Å². The Balaban J connectivity index is 1.61. The number of benzene rings is 1. The van der Waals surface area contributed by atoms with Crippen LogP contribution in [-0.2, 0) is 0 Å². The molecule has 0 bridgehead atoms. The maximum Gasteiger partial charge on any atom is 0.188 e. The first-order valence-electron chi connectivity index (χ1n) is 8.18. The molecular formula is C17H26N4. The zero-order valence-electron chi connectivity index (χ0n) is 12.7. The highest BCUT2D eigenvalue weighted by molar-refractivity contribution is 5.75. The topological polar surface area (TPSA) is 56.4 Å². The fourth-order valence-electron chi connectivity index (χ4n) is 3.60. The van der Waals surface area contributed by atoms with Gasteiger partial charge < -0.3 is 15.5 Å². The molecule has 4 heteroatoms. The Morgan fingerprint density at radius 2 is 1.57 bits per heavy atom. The second-order valence-corrected chi connectivity index (χ2v) is 6.29. The van der Waals surface area contributed by atoms with E-state index >= 15 is 0 Å². The highest BCUT2D eigenvalue weighted by atomic mass is 15.3. The van der Waals surface area contributed by atoms with Crippen LogP contribution in [0, 0.1) is 5.41 Å². The number of hydrogen-bond acceptors (Lipinski definition) is 2.